The summed E-state index contributed by atoms with van der Waals surface area (Å²) in [7, 11) is 0. The Labute approximate surface area is 324 Å². The lowest BCUT2D eigenvalue weighted by Crippen LogP contribution is -2.10. The van der Waals surface area contributed by atoms with Crippen molar-refractivity contribution in [1.82, 2.24) is 4.57 Å². The first-order valence-electron chi connectivity index (χ1n) is 19.1. The molecule has 1 aliphatic carbocycles. The summed E-state index contributed by atoms with van der Waals surface area (Å²) in [4.78, 5) is 2.37. The van der Waals surface area contributed by atoms with Crippen LogP contribution in [0.4, 0.5) is 17.1 Å². The SMILES string of the molecule is C=Cc1c(/C=C\C)ccc2c1c1ccc(N(c3ccccc3)c3ccc(C4=CC=C(c5ccccc5)CC4)cc3)cc1n2-c1ccc(-c2ccccc2)cc1. The number of allylic oxidation sites excluding steroid dienone is 5. The van der Waals surface area contributed by atoms with Crippen molar-refractivity contribution in [2.75, 3.05) is 4.90 Å². The topological polar surface area (TPSA) is 8.17 Å². The number of aromatic nitrogens is 1. The number of rotatable bonds is 9. The van der Waals surface area contributed by atoms with E-state index in [1.54, 1.807) is 0 Å². The molecule has 8 aromatic rings. The van der Waals surface area contributed by atoms with Gasteiger partial charge in [-0.05, 0) is 119 Å². The summed E-state index contributed by atoms with van der Waals surface area (Å²) in [6.07, 6.45) is 12.9. The Morgan fingerprint density at radius 3 is 1.69 bits per heavy atom. The molecule has 0 bridgehead atoms. The van der Waals surface area contributed by atoms with Crippen molar-refractivity contribution in [3.63, 3.8) is 0 Å². The van der Waals surface area contributed by atoms with Crippen LogP contribution < -0.4 is 4.90 Å². The van der Waals surface area contributed by atoms with E-state index in [0.29, 0.717) is 0 Å². The summed E-state index contributed by atoms with van der Waals surface area (Å²) in [5.74, 6) is 0. The van der Waals surface area contributed by atoms with Gasteiger partial charge in [0.25, 0.3) is 0 Å². The number of anilines is 3. The van der Waals surface area contributed by atoms with Gasteiger partial charge in [0, 0.05) is 33.5 Å². The van der Waals surface area contributed by atoms with Gasteiger partial charge in [-0.3, -0.25) is 0 Å². The number of hydrogen-bond donors (Lipinski definition) is 0. The molecule has 9 rings (SSSR count). The molecular weight excluding hydrogens is 665 g/mol. The van der Waals surface area contributed by atoms with Gasteiger partial charge in [-0.15, -0.1) is 0 Å². The molecule has 0 atom stereocenters. The van der Waals surface area contributed by atoms with E-state index < -0.39 is 0 Å². The van der Waals surface area contributed by atoms with Crippen LogP contribution in [-0.4, -0.2) is 4.57 Å². The lowest BCUT2D eigenvalue weighted by molar-refractivity contribution is 1.07. The molecule has 1 aromatic heterocycles. The Bertz CT molecular complexity index is 2730. The van der Waals surface area contributed by atoms with Crippen molar-refractivity contribution in [2.45, 2.75) is 19.8 Å². The summed E-state index contributed by atoms with van der Waals surface area (Å²) >= 11 is 0. The van der Waals surface area contributed by atoms with Crippen molar-refractivity contribution in [1.29, 1.82) is 0 Å². The monoisotopic (exact) mass is 706 g/mol. The van der Waals surface area contributed by atoms with Crippen LogP contribution in [0.15, 0.2) is 195 Å². The van der Waals surface area contributed by atoms with Crippen LogP contribution in [0.3, 0.4) is 0 Å². The normalized spacial score (nSPS) is 12.9. The standard InChI is InChI=1S/C53H42N2/c1-3-14-44-29-36-51-53(49(44)4-2)50-35-34-48(37-52(50)55(51)47-32-27-42(28-33-47)39-17-10-6-11-18-39)54(45-19-12-7-13-20-45)46-30-25-43(26-31-46)41-23-21-40(22-24-41)38-15-8-5-9-16-38/h3-21,23,25-37H,2,22,24H2,1H3/b14-3-. The molecule has 0 N–H and O–H groups in total. The molecular formula is C53H42N2. The third-order valence-corrected chi connectivity index (χ3v) is 10.8. The molecule has 264 valence electrons. The van der Waals surface area contributed by atoms with E-state index in [1.807, 2.05) is 6.08 Å². The first-order chi connectivity index (χ1) is 27.2. The molecule has 0 unspecified atom stereocenters. The van der Waals surface area contributed by atoms with Crippen LogP contribution in [0.25, 0.3) is 61.9 Å². The van der Waals surface area contributed by atoms with E-state index in [4.69, 9.17) is 0 Å². The predicted molar refractivity (Wildman–Crippen MR) is 237 cm³/mol. The van der Waals surface area contributed by atoms with Gasteiger partial charge in [0.15, 0.2) is 0 Å². The zero-order chi connectivity index (χ0) is 37.1. The fourth-order valence-electron chi connectivity index (χ4n) is 8.15. The van der Waals surface area contributed by atoms with Crippen molar-refractivity contribution in [3.05, 3.63) is 217 Å². The Hall–Kier alpha value is -6.90. The van der Waals surface area contributed by atoms with Crippen LogP contribution in [0.1, 0.15) is 42.0 Å². The van der Waals surface area contributed by atoms with Crippen molar-refractivity contribution in [3.8, 4) is 16.8 Å². The van der Waals surface area contributed by atoms with Crippen LogP contribution in [-0.2, 0) is 0 Å². The van der Waals surface area contributed by atoms with Crippen molar-refractivity contribution >= 4 is 62.2 Å². The first kappa shape index (κ1) is 33.9. The highest BCUT2D eigenvalue weighted by atomic mass is 15.1. The summed E-state index contributed by atoms with van der Waals surface area (Å²) in [5.41, 5.74) is 16.8. The quantitative estimate of drug-likeness (QED) is 0.145. The van der Waals surface area contributed by atoms with E-state index in [9.17, 15) is 0 Å². The highest BCUT2D eigenvalue weighted by molar-refractivity contribution is 6.14. The second-order valence-electron chi connectivity index (χ2n) is 14.1. The largest absolute Gasteiger partial charge is 0.310 e. The Kier molecular flexibility index (Phi) is 9.15. The minimum Gasteiger partial charge on any atom is -0.310 e. The fraction of sp³-hybridized carbons (Fsp3) is 0.0566. The van der Waals surface area contributed by atoms with E-state index in [2.05, 4.69) is 217 Å². The van der Waals surface area contributed by atoms with Crippen LogP contribution >= 0.6 is 0 Å². The minimum absolute atomic E-state index is 1.03. The smallest absolute Gasteiger partial charge is 0.0562 e. The summed E-state index contributed by atoms with van der Waals surface area (Å²) < 4.78 is 2.41. The zero-order valence-electron chi connectivity index (χ0n) is 31.1. The molecule has 0 amide bonds. The molecule has 1 aliphatic rings. The Morgan fingerprint density at radius 1 is 0.527 bits per heavy atom. The van der Waals surface area contributed by atoms with Crippen LogP contribution in [0.5, 0.6) is 0 Å². The predicted octanol–water partition coefficient (Wildman–Crippen LogP) is 14.9. The van der Waals surface area contributed by atoms with Gasteiger partial charge < -0.3 is 9.47 Å². The molecule has 1 heterocycles. The van der Waals surface area contributed by atoms with Gasteiger partial charge in [0.1, 0.15) is 0 Å². The number of benzene rings is 7. The number of fused-ring (bicyclic) bond motifs is 3. The molecule has 0 spiro atoms. The average molecular weight is 707 g/mol. The van der Waals surface area contributed by atoms with Crippen molar-refractivity contribution in [2.24, 2.45) is 0 Å². The van der Waals surface area contributed by atoms with Gasteiger partial charge in [-0.25, -0.2) is 0 Å². The summed E-state index contributed by atoms with van der Waals surface area (Å²) in [6, 6.07) is 61.4. The Balaban J connectivity index is 1.17. The third-order valence-electron chi connectivity index (χ3n) is 10.8. The maximum absolute atomic E-state index is 4.28. The number of hydrogen-bond acceptors (Lipinski definition) is 1. The maximum atomic E-state index is 4.28. The van der Waals surface area contributed by atoms with Crippen LogP contribution in [0, 0.1) is 0 Å². The van der Waals surface area contributed by atoms with Gasteiger partial charge in [-0.2, -0.15) is 0 Å². The maximum Gasteiger partial charge on any atom is 0.0562 e. The minimum atomic E-state index is 1.03. The highest BCUT2D eigenvalue weighted by Gasteiger charge is 2.20. The lowest BCUT2D eigenvalue weighted by Gasteiger charge is -2.26. The second kappa shape index (κ2) is 14.9. The molecule has 7 aromatic carbocycles. The molecule has 55 heavy (non-hydrogen) atoms. The Morgan fingerprint density at radius 2 is 1.07 bits per heavy atom. The lowest BCUT2D eigenvalue weighted by atomic mass is 9.90. The molecule has 0 saturated heterocycles. The molecule has 0 saturated carbocycles. The van der Waals surface area contributed by atoms with E-state index >= 15 is 0 Å². The number of para-hydroxylation sites is 1. The zero-order valence-corrected chi connectivity index (χ0v) is 31.1. The van der Waals surface area contributed by atoms with Gasteiger partial charge in [-0.1, -0.05) is 152 Å². The fourth-order valence-corrected chi connectivity index (χ4v) is 8.15. The molecule has 0 aliphatic heterocycles. The summed E-state index contributed by atoms with van der Waals surface area (Å²) in [5, 5.41) is 2.41. The van der Waals surface area contributed by atoms with E-state index in [-0.39, 0.29) is 0 Å². The number of nitrogens with zero attached hydrogens (tertiary/aromatic N) is 2. The third kappa shape index (κ3) is 6.43. The van der Waals surface area contributed by atoms with Gasteiger partial charge in [0.05, 0.1) is 11.0 Å². The van der Waals surface area contributed by atoms with E-state index in [0.717, 1.165) is 52.2 Å². The average Bonchev–Trinajstić information content (AvgIpc) is 3.59. The first-order valence-corrected chi connectivity index (χ1v) is 19.1. The molecule has 0 radical (unpaired) electrons. The second-order valence-corrected chi connectivity index (χ2v) is 14.1. The molecule has 2 heteroatoms. The van der Waals surface area contributed by atoms with Gasteiger partial charge in [0.2, 0.25) is 0 Å². The van der Waals surface area contributed by atoms with Crippen LogP contribution in [0.2, 0.25) is 0 Å². The highest BCUT2D eigenvalue weighted by Crippen LogP contribution is 2.42. The molecule has 2 nitrogen and oxygen atoms in total. The summed E-state index contributed by atoms with van der Waals surface area (Å²) in [6.45, 7) is 6.35. The van der Waals surface area contributed by atoms with Gasteiger partial charge >= 0.3 is 0 Å². The van der Waals surface area contributed by atoms with E-state index in [1.165, 1.54) is 49.7 Å². The van der Waals surface area contributed by atoms with Crippen molar-refractivity contribution < 1.29 is 0 Å². The molecule has 0 fully saturated rings.